The average molecular weight is 287 g/mol. The number of hydrogen-bond donors (Lipinski definition) is 2. The lowest BCUT2D eigenvalue weighted by molar-refractivity contribution is -0.149. The van der Waals surface area contributed by atoms with E-state index in [0.717, 1.165) is 6.42 Å². The molecule has 0 aromatic carbocycles. The number of carbonyl (C=O) groups excluding carboxylic acids is 2. The van der Waals surface area contributed by atoms with Gasteiger partial charge in [0.1, 0.15) is 11.6 Å². The SMILES string of the molecule is CCOC(=O)CC[C@H](NC(=O)C1(C)CCCO1)C(=O)O. The summed E-state index contributed by atoms with van der Waals surface area (Å²) in [6.07, 6.45) is 1.27. The fourth-order valence-electron chi connectivity index (χ4n) is 2.02. The van der Waals surface area contributed by atoms with E-state index < -0.39 is 29.5 Å². The van der Waals surface area contributed by atoms with Crippen molar-refractivity contribution in [2.75, 3.05) is 13.2 Å². The summed E-state index contributed by atoms with van der Waals surface area (Å²) in [6.45, 7) is 4.05. The summed E-state index contributed by atoms with van der Waals surface area (Å²) in [4.78, 5) is 34.4. The molecule has 114 valence electrons. The van der Waals surface area contributed by atoms with Gasteiger partial charge in [0.05, 0.1) is 6.61 Å². The van der Waals surface area contributed by atoms with E-state index in [1.807, 2.05) is 0 Å². The summed E-state index contributed by atoms with van der Waals surface area (Å²) in [5, 5.41) is 11.5. The lowest BCUT2D eigenvalue weighted by Gasteiger charge is -2.24. The average Bonchev–Trinajstić information content (AvgIpc) is 2.82. The summed E-state index contributed by atoms with van der Waals surface area (Å²) in [7, 11) is 0. The van der Waals surface area contributed by atoms with Crippen molar-refractivity contribution in [3.63, 3.8) is 0 Å². The molecule has 0 aromatic heterocycles. The van der Waals surface area contributed by atoms with Crippen molar-refractivity contribution >= 4 is 17.8 Å². The second-order valence-electron chi connectivity index (χ2n) is 4.89. The number of carboxylic acid groups (broad SMARTS) is 1. The maximum atomic E-state index is 12.0. The molecule has 1 aliphatic rings. The molecule has 7 nitrogen and oxygen atoms in total. The van der Waals surface area contributed by atoms with E-state index in [4.69, 9.17) is 14.6 Å². The Hall–Kier alpha value is -1.63. The van der Waals surface area contributed by atoms with Crippen LogP contribution in [0.2, 0.25) is 0 Å². The van der Waals surface area contributed by atoms with E-state index in [1.54, 1.807) is 13.8 Å². The summed E-state index contributed by atoms with van der Waals surface area (Å²) in [5.74, 6) is -2.10. The van der Waals surface area contributed by atoms with E-state index >= 15 is 0 Å². The molecule has 1 fully saturated rings. The van der Waals surface area contributed by atoms with Crippen LogP contribution in [0.25, 0.3) is 0 Å². The first kappa shape index (κ1) is 16.4. The highest BCUT2D eigenvalue weighted by Gasteiger charge is 2.39. The summed E-state index contributed by atoms with van der Waals surface area (Å²) in [6, 6.07) is -1.12. The van der Waals surface area contributed by atoms with E-state index in [9.17, 15) is 14.4 Å². The summed E-state index contributed by atoms with van der Waals surface area (Å²) < 4.78 is 10.1. The molecule has 1 rings (SSSR count). The smallest absolute Gasteiger partial charge is 0.326 e. The zero-order valence-electron chi connectivity index (χ0n) is 11.8. The van der Waals surface area contributed by atoms with Gasteiger partial charge in [0.25, 0.3) is 5.91 Å². The molecule has 0 bridgehead atoms. The molecular formula is C13H21NO6. The number of aliphatic carboxylic acids is 1. The maximum absolute atomic E-state index is 12.0. The first-order valence-electron chi connectivity index (χ1n) is 6.72. The minimum absolute atomic E-state index is 0.00398. The van der Waals surface area contributed by atoms with Crippen LogP contribution in [-0.4, -0.2) is 47.8 Å². The van der Waals surface area contributed by atoms with Crippen molar-refractivity contribution < 1.29 is 29.0 Å². The topological polar surface area (TPSA) is 102 Å². The number of rotatable bonds is 7. The van der Waals surface area contributed by atoms with Crippen LogP contribution in [0.3, 0.4) is 0 Å². The third-order valence-electron chi connectivity index (χ3n) is 3.25. The van der Waals surface area contributed by atoms with Crippen molar-refractivity contribution in [1.29, 1.82) is 0 Å². The lowest BCUT2D eigenvalue weighted by atomic mass is 10.0. The van der Waals surface area contributed by atoms with Gasteiger partial charge in [0, 0.05) is 13.0 Å². The van der Waals surface area contributed by atoms with Crippen LogP contribution in [0.4, 0.5) is 0 Å². The summed E-state index contributed by atoms with van der Waals surface area (Å²) in [5.41, 5.74) is -0.975. The van der Waals surface area contributed by atoms with Crippen LogP contribution < -0.4 is 5.32 Å². The highest BCUT2D eigenvalue weighted by molar-refractivity contribution is 5.89. The van der Waals surface area contributed by atoms with Gasteiger partial charge in [-0.25, -0.2) is 4.79 Å². The molecule has 1 unspecified atom stereocenters. The Morgan fingerprint density at radius 1 is 1.45 bits per heavy atom. The third kappa shape index (κ3) is 4.48. The van der Waals surface area contributed by atoms with Crippen LogP contribution in [0.1, 0.15) is 39.5 Å². The first-order chi connectivity index (χ1) is 9.39. The Kier molecular flexibility index (Phi) is 5.94. The standard InChI is InChI=1S/C13H21NO6/c1-3-19-10(15)6-5-9(11(16)17)14-12(18)13(2)7-4-8-20-13/h9H,3-8H2,1-2H3,(H,14,18)(H,16,17)/t9-,13?/m0/s1. The largest absolute Gasteiger partial charge is 0.480 e. The Morgan fingerprint density at radius 3 is 2.65 bits per heavy atom. The fraction of sp³-hybridized carbons (Fsp3) is 0.769. The van der Waals surface area contributed by atoms with Crippen molar-refractivity contribution in [1.82, 2.24) is 5.32 Å². The maximum Gasteiger partial charge on any atom is 0.326 e. The quantitative estimate of drug-likeness (QED) is 0.660. The number of carbonyl (C=O) groups is 3. The Morgan fingerprint density at radius 2 is 2.15 bits per heavy atom. The molecule has 1 aliphatic heterocycles. The second kappa shape index (κ2) is 7.23. The summed E-state index contributed by atoms with van der Waals surface area (Å²) >= 11 is 0. The van der Waals surface area contributed by atoms with Crippen LogP contribution in [-0.2, 0) is 23.9 Å². The van der Waals surface area contributed by atoms with Gasteiger partial charge in [-0.3, -0.25) is 9.59 Å². The van der Waals surface area contributed by atoms with Gasteiger partial charge in [-0.2, -0.15) is 0 Å². The number of carboxylic acids is 1. The van der Waals surface area contributed by atoms with Crippen molar-refractivity contribution in [3.05, 3.63) is 0 Å². The Bertz CT molecular complexity index is 375. The number of nitrogens with one attached hydrogen (secondary N) is 1. The van der Waals surface area contributed by atoms with Gasteiger partial charge in [0.15, 0.2) is 0 Å². The van der Waals surface area contributed by atoms with Crippen molar-refractivity contribution in [2.45, 2.75) is 51.2 Å². The fourth-order valence-corrected chi connectivity index (χ4v) is 2.02. The van der Waals surface area contributed by atoms with Crippen LogP contribution in [0.15, 0.2) is 0 Å². The van der Waals surface area contributed by atoms with E-state index in [-0.39, 0.29) is 19.4 Å². The van der Waals surface area contributed by atoms with Crippen molar-refractivity contribution in [2.24, 2.45) is 0 Å². The van der Waals surface area contributed by atoms with Crippen LogP contribution >= 0.6 is 0 Å². The van der Waals surface area contributed by atoms with E-state index in [2.05, 4.69) is 5.32 Å². The predicted octanol–water partition coefficient (Wildman–Crippen LogP) is 0.468. The molecule has 7 heteroatoms. The Balaban J connectivity index is 2.52. The molecule has 0 aliphatic carbocycles. The molecular weight excluding hydrogens is 266 g/mol. The molecule has 0 saturated carbocycles. The Labute approximate surface area is 117 Å². The highest BCUT2D eigenvalue weighted by Crippen LogP contribution is 2.25. The second-order valence-corrected chi connectivity index (χ2v) is 4.89. The van der Waals surface area contributed by atoms with E-state index in [1.165, 1.54) is 0 Å². The number of hydrogen-bond acceptors (Lipinski definition) is 5. The number of ether oxygens (including phenoxy) is 2. The van der Waals surface area contributed by atoms with Gasteiger partial charge >= 0.3 is 11.9 Å². The molecule has 0 aromatic rings. The van der Waals surface area contributed by atoms with E-state index in [0.29, 0.717) is 13.0 Å². The molecule has 2 atom stereocenters. The zero-order valence-corrected chi connectivity index (χ0v) is 11.8. The molecule has 1 amide bonds. The first-order valence-corrected chi connectivity index (χ1v) is 6.72. The molecule has 1 saturated heterocycles. The molecule has 1 heterocycles. The minimum Gasteiger partial charge on any atom is -0.480 e. The molecule has 0 radical (unpaired) electrons. The number of esters is 1. The van der Waals surface area contributed by atoms with Crippen molar-refractivity contribution in [3.8, 4) is 0 Å². The zero-order chi connectivity index (χ0) is 15.2. The lowest BCUT2D eigenvalue weighted by Crippen LogP contribution is -2.50. The van der Waals surface area contributed by atoms with Gasteiger partial charge in [-0.15, -0.1) is 0 Å². The predicted molar refractivity (Wildman–Crippen MR) is 69.0 cm³/mol. The van der Waals surface area contributed by atoms with Gasteiger partial charge in [-0.05, 0) is 33.1 Å². The number of amides is 1. The van der Waals surface area contributed by atoms with Gasteiger partial charge in [-0.1, -0.05) is 0 Å². The molecule has 20 heavy (non-hydrogen) atoms. The third-order valence-corrected chi connectivity index (χ3v) is 3.25. The molecule has 0 spiro atoms. The van der Waals surface area contributed by atoms with Gasteiger partial charge in [0.2, 0.25) is 0 Å². The van der Waals surface area contributed by atoms with Crippen LogP contribution in [0, 0.1) is 0 Å². The molecule has 2 N–H and O–H groups in total. The van der Waals surface area contributed by atoms with Crippen LogP contribution in [0.5, 0.6) is 0 Å². The minimum atomic E-state index is -1.18. The van der Waals surface area contributed by atoms with Gasteiger partial charge < -0.3 is 19.9 Å². The normalized spacial score (nSPS) is 23.1. The monoisotopic (exact) mass is 287 g/mol. The highest BCUT2D eigenvalue weighted by atomic mass is 16.5.